The number of amides is 1. The monoisotopic (exact) mass is 305 g/mol. The zero-order valence-electron chi connectivity index (χ0n) is 12.7. The molecule has 8 heteroatoms. The number of nitrogens with zero attached hydrogens (tertiary/aromatic N) is 4. The van der Waals surface area contributed by atoms with E-state index in [0.29, 0.717) is 12.5 Å². The number of aryl methyl sites for hydroxylation is 2. The van der Waals surface area contributed by atoms with Gasteiger partial charge < -0.3 is 14.6 Å². The van der Waals surface area contributed by atoms with Crippen molar-refractivity contribution in [1.29, 1.82) is 0 Å². The molecule has 22 heavy (non-hydrogen) atoms. The first-order valence-corrected chi connectivity index (χ1v) is 7.55. The molecule has 1 aliphatic rings. The van der Waals surface area contributed by atoms with Gasteiger partial charge in [0, 0.05) is 13.0 Å². The van der Waals surface area contributed by atoms with Gasteiger partial charge in [0.25, 0.3) is 11.8 Å². The topological polar surface area (TPSA) is 95.1 Å². The van der Waals surface area contributed by atoms with Crippen molar-refractivity contribution >= 4 is 5.91 Å². The molecule has 1 unspecified atom stereocenters. The Morgan fingerprint density at radius 2 is 2.41 bits per heavy atom. The van der Waals surface area contributed by atoms with Crippen LogP contribution in [0, 0.1) is 0 Å². The van der Waals surface area contributed by atoms with Gasteiger partial charge in [0.15, 0.2) is 5.82 Å². The molecule has 0 aromatic carbocycles. The molecule has 0 radical (unpaired) electrons. The number of rotatable bonds is 5. The highest BCUT2D eigenvalue weighted by Crippen LogP contribution is 2.24. The summed E-state index contributed by atoms with van der Waals surface area (Å²) in [4.78, 5) is 16.8. The van der Waals surface area contributed by atoms with Crippen LogP contribution in [-0.2, 0) is 13.0 Å². The van der Waals surface area contributed by atoms with Gasteiger partial charge >= 0.3 is 0 Å². The summed E-state index contributed by atoms with van der Waals surface area (Å²) in [5.41, 5.74) is 0. The average molecular weight is 305 g/mol. The van der Waals surface area contributed by atoms with E-state index >= 15 is 0 Å². The molecule has 3 heterocycles. The lowest BCUT2D eigenvalue weighted by Crippen LogP contribution is -2.33. The Bertz CT molecular complexity index is 663. The van der Waals surface area contributed by atoms with Crippen LogP contribution in [0.2, 0.25) is 0 Å². The van der Waals surface area contributed by atoms with Gasteiger partial charge in [0.2, 0.25) is 5.76 Å². The molecule has 2 aromatic rings. The maximum Gasteiger partial charge on any atom is 0.290 e. The van der Waals surface area contributed by atoms with Gasteiger partial charge in [-0.15, -0.1) is 0 Å². The number of carbonyl (C=O) groups is 1. The number of carbonyl (C=O) groups excluding carboxylic acids is 1. The van der Waals surface area contributed by atoms with Gasteiger partial charge in [-0.05, 0) is 24.9 Å². The molecule has 1 amide bonds. The summed E-state index contributed by atoms with van der Waals surface area (Å²) in [5, 5.41) is 11.0. The number of fused-ring (bicyclic) bond motifs is 1. The van der Waals surface area contributed by atoms with Gasteiger partial charge in [-0.2, -0.15) is 5.10 Å². The molecule has 118 valence electrons. The van der Waals surface area contributed by atoms with Crippen LogP contribution in [0.1, 0.15) is 54.9 Å². The third-order valence-corrected chi connectivity index (χ3v) is 3.54. The third kappa shape index (κ3) is 2.81. The fraction of sp³-hybridized carbons (Fsp3) is 0.571. The highest BCUT2D eigenvalue weighted by molar-refractivity contribution is 5.91. The lowest BCUT2D eigenvalue weighted by molar-refractivity contribution is 0.0889. The molecular weight excluding hydrogens is 286 g/mol. The maximum atomic E-state index is 12.3. The van der Waals surface area contributed by atoms with Gasteiger partial charge in [-0.25, -0.2) is 9.67 Å². The SMILES string of the molecule is CCOc1cc(C(=O)NC2CCCn3nc(CC)nc32)on1. The standard InChI is InChI=1S/C14H19N5O3/c1-3-11-16-13-9(6-5-7-19(13)17-11)15-14(20)10-8-12(18-22-10)21-4-2/h8-9H,3-7H2,1-2H3,(H,15,20). The Morgan fingerprint density at radius 1 is 1.55 bits per heavy atom. The second kappa shape index (κ2) is 6.17. The fourth-order valence-corrected chi connectivity index (χ4v) is 2.50. The quantitative estimate of drug-likeness (QED) is 0.899. The van der Waals surface area contributed by atoms with E-state index in [0.717, 1.165) is 37.5 Å². The average Bonchev–Trinajstić information content (AvgIpc) is 3.14. The number of ether oxygens (including phenoxy) is 1. The predicted octanol–water partition coefficient (Wildman–Crippen LogP) is 1.49. The van der Waals surface area contributed by atoms with Crippen molar-refractivity contribution in [2.24, 2.45) is 0 Å². The van der Waals surface area contributed by atoms with Crippen LogP contribution >= 0.6 is 0 Å². The normalized spacial score (nSPS) is 17.1. The Balaban J connectivity index is 1.73. The zero-order chi connectivity index (χ0) is 15.5. The summed E-state index contributed by atoms with van der Waals surface area (Å²) < 4.78 is 12.1. The number of hydrogen-bond acceptors (Lipinski definition) is 6. The van der Waals surface area contributed by atoms with Gasteiger partial charge in [0.05, 0.1) is 18.7 Å². The van der Waals surface area contributed by atoms with E-state index in [-0.39, 0.29) is 17.7 Å². The molecule has 2 aromatic heterocycles. The lowest BCUT2D eigenvalue weighted by Gasteiger charge is -2.22. The van der Waals surface area contributed by atoms with E-state index in [1.807, 2.05) is 18.5 Å². The molecular formula is C14H19N5O3. The Hall–Kier alpha value is -2.38. The smallest absolute Gasteiger partial charge is 0.290 e. The molecule has 0 bridgehead atoms. The second-order valence-corrected chi connectivity index (χ2v) is 5.09. The Labute approximate surface area is 127 Å². The van der Waals surface area contributed by atoms with Crippen LogP contribution in [0.15, 0.2) is 10.6 Å². The van der Waals surface area contributed by atoms with Crippen molar-refractivity contribution in [1.82, 2.24) is 25.2 Å². The van der Waals surface area contributed by atoms with Crippen molar-refractivity contribution in [2.45, 2.75) is 45.7 Å². The molecule has 8 nitrogen and oxygen atoms in total. The largest absolute Gasteiger partial charge is 0.476 e. The summed E-state index contributed by atoms with van der Waals surface area (Å²) in [5.74, 6) is 1.73. The molecule has 1 N–H and O–H groups in total. The fourth-order valence-electron chi connectivity index (χ4n) is 2.50. The molecule has 0 saturated carbocycles. The molecule has 0 saturated heterocycles. The van der Waals surface area contributed by atoms with Gasteiger partial charge in [0.1, 0.15) is 5.82 Å². The minimum atomic E-state index is -0.321. The minimum absolute atomic E-state index is 0.135. The highest BCUT2D eigenvalue weighted by Gasteiger charge is 2.27. The summed E-state index contributed by atoms with van der Waals surface area (Å²) in [7, 11) is 0. The van der Waals surface area contributed by atoms with Crippen molar-refractivity contribution in [3.8, 4) is 5.88 Å². The molecule has 1 aliphatic heterocycles. The molecule has 0 aliphatic carbocycles. The van der Waals surface area contributed by atoms with E-state index in [1.165, 1.54) is 6.07 Å². The van der Waals surface area contributed by atoms with Crippen LogP contribution in [0.4, 0.5) is 0 Å². The molecule has 1 atom stereocenters. The Morgan fingerprint density at radius 3 is 3.18 bits per heavy atom. The predicted molar refractivity (Wildman–Crippen MR) is 76.5 cm³/mol. The van der Waals surface area contributed by atoms with E-state index < -0.39 is 0 Å². The van der Waals surface area contributed by atoms with Crippen molar-refractivity contribution in [2.75, 3.05) is 6.61 Å². The third-order valence-electron chi connectivity index (χ3n) is 3.54. The molecule has 0 spiro atoms. The Kier molecular flexibility index (Phi) is 4.08. The molecule has 3 rings (SSSR count). The summed E-state index contributed by atoms with van der Waals surface area (Å²) in [6.45, 7) is 5.16. The van der Waals surface area contributed by atoms with E-state index in [4.69, 9.17) is 9.26 Å². The van der Waals surface area contributed by atoms with Crippen LogP contribution in [-0.4, -0.2) is 32.4 Å². The first-order chi connectivity index (χ1) is 10.7. The van der Waals surface area contributed by atoms with E-state index in [9.17, 15) is 4.79 Å². The summed E-state index contributed by atoms with van der Waals surface area (Å²) in [6, 6.07) is 1.33. The lowest BCUT2D eigenvalue weighted by atomic mass is 10.1. The van der Waals surface area contributed by atoms with Crippen LogP contribution in [0.5, 0.6) is 5.88 Å². The highest BCUT2D eigenvalue weighted by atomic mass is 16.5. The van der Waals surface area contributed by atoms with Crippen molar-refractivity contribution in [3.63, 3.8) is 0 Å². The number of hydrogen-bond donors (Lipinski definition) is 1. The number of aromatic nitrogens is 4. The van der Waals surface area contributed by atoms with Crippen LogP contribution in [0.3, 0.4) is 0 Å². The van der Waals surface area contributed by atoms with E-state index in [1.54, 1.807) is 0 Å². The van der Waals surface area contributed by atoms with Gasteiger partial charge in [-0.3, -0.25) is 4.79 Å². The van der Waals surface area contributed by atoms with E-state index in [2.05, 4.69) is 20.6 Å². The van der Waals surface area contributed by atoms with Crippen molar-refractivity contribution < 1.29 is 14.1 Å². The first kappa shape index (κ1) is 14.6. The number of nitrogens with one attached hydrogen (secondary N) is 1. The molecule has 0 fully saturated rings. The summed E-state index contributed by atoms with van der Waals surface area (Å²) in [6.07, 6.45) is 2.56. The van der Waals surface area contributed by atoms with Gasteiger partial charge in [-0.1, -0.05) is 6.92 Å². The summed E-state index contributed by atoms with van der Waals surface area (Å²) >= 11 is 0. The zero-order valence-corrected chi connectivity index (χ0v) is 12.7. The second-order valence-electron chi connectivity index (χ2n) is 5.09. The van der Waals surface area contributed by atoms with Crippen molar-refractivity contribution in [3.05, 3.63) is 23.5 Å². The minimum Gasteiger partial charge on any atom is -0.476 e. The van der Waals surface area contributed by atoms with Crippen LogP contribution < -0.4 is 10.1 Å². The maximum absolute atomic E-state index is 12.3. The van der Waals surface area contributed by atoms with Crippen LogP contribution in [0.25, 0.3) is 0 Å². The first-order valence-electron chi connectivity index (χ1n) is 7.55.